The third kappa shape index (κ3) is 3.91. The number of amides is 2. The standard InChI is InChI=1S/C20H19FN2O3/c1-12-3-5-14(6-4-12)11-26-19(24)17-13(2)22-20(25)23-18(17)15-7-9-16(21)10-8-15/h3-10,18H,11H2,1-2H3,(H2,22,23,25)/t18-/m0/s1. The molecule has 2 amide bonds. The lowest BCUT2D eigenvalue weighted by atomic mass is 9.95. The summed E-state index contributed by atoms with van der Waals surface area (Å²) in [5.41, 5.74) is 3.30. The van der Waals surface area contributed by atoms with Gasteiger partial charge < -0.3 is 15.4 Å². The SMILES string of the molecule is CC1=C(C(=O)OCc2ccc(C)cc2)[C@H](c2ccc(F)cc2)NC(=O)N1. The van der Waals surface area contributed by atoms with E-state index in [9.17, 15) is 14.0 Å². The van der Waals surface area contributed by atoms with Crippen LogP contribution in [0.2, 0.25) is 0 Å². The minimum absolute atomic E-state index is 0.125. The first kappa shape index (κ1) is 17.7. The first-order chi connectivity index (χ1) is 12.4. The van der Waals surface area contributed by atoms with Gasteiger partial charge in [-0.05, 0) is 37.1 Å². The first-order valence-corrected chi connectivity index (χ1v) is 8.20. The van der Waals surface area contributed by atoms with Gasteiger partial charge in [-0.15, -0.1) is 0 Å². The molecule has 1 aliphatic heterocycles. The van der Waals surface area contributed by atoms with Crippen LogP contribution in [0.1, 0.15) is 29.7 Å². The molecule has 0 fully saturated rings. The molecule has 2 aromatic carbocycles. The Kier molecular flexibility index (Phi) is 5.02. The van der Waals surface area contributed by atoms with Gasteiger partial charge in [0.05, 0.1) is 11.6 Å². The van der Waals surface area contributed by atoms with E-state index in [2.05, 4.69) is 10.6 Å². The summed E-state index contributed by atoms with van der Waals surface area (Å²) in [6.45, 7) is 3.74. The topological polar surface area (TPSA) is 67.4 Å². The van der Waals surface area contributed by atoms with E-state index in [0.717, 1.165) is 11.1 Å². The van der Waals surface area contributed by atoms with Gasteiger partial charge in [-0.2, -0.15) is 0 Å². The van der Waals surface area contributed by atoms with E-state index >= 15 is 0 Å². The number of allylic oxidation sites excluding steroid dienone is 1. The van der Waals surface area contributed by atoms with E-state index in [1.54, 1.807) is 6.92 Å². The smallest absolute Gasteiger partial charge is 0.338 e. The number of carbonyl (C=O) groups is 2. The molecule has 2 aromatic rings. The highest BCUT2D eigenvalue weighted by Gasteiger charge is 2.32. The number of halogens is 1. The van der Waals surface area contributed by atoms with Crippen molar-refractivity contribution in [1.82, 2.24) is 10.6 Å². The van der Waals surface area contributed by atoms with Crippen molar-refractivity contribution in [3.05, 3.63) is 82.3 Å². The fourth-order valence-electron chi connectivity index (χ4n) is 2.78. The van der Waals surface area contributed by atoms with Gasteiger partial charge >= 0.3 is 12.0 Å². The van der Waals surface area contributed by atoms with Crippen LogP contribution in [0.25, 0.3) is 0 Å². The number of carbonyl (C=O) groups excluding carboxylic acids is 2. The van der Waals surface area contributed by atoms with Crippen molar-refractivity contribution < 1.29 is 18.7 Å². The third-order valence-electron chi connectivity index (χ3n) is 4.18. The number of urea groups is 1. The zero-order valence-corrected chi connectivity index (χ0v) is 14.5. The highest BCUT2D eigenvalue weighted by molar-refractivity contribution is 5.95. The average molecular weight is 354 g/mol. The Morgan fingerprint density at radius 1 is 1.08 bits per heavy atom. The molecule has 1 heterocycles. The molecule has 0 bridgehead atoms. The predicted octanol–water partition coefficient (Wildman–Crippen LogP) is 3.51. The maximum atomic E-state index is 13.2. The minimum atomic E-state index is -0.699. The summed E-state index contributed by atoms with van der Waals surface area (Å²) < 4.78 is 18.6. The van der Waals surface area contributed by atoms with Gasteiger partial charge in [0.15, 0.2) is 0 Å². The molecule has 1 aliphatic rings. The van der Waals surface area contributed by atoms with Crippen LogP contribution in [-0.2, 0) is 16.1 Å². The van der Waals surface area contributed by atoms with Gasteiger partial charge in [0.1, 0.15) is 12.4 Å². The molecule has 0 radical (unpaired) electrons. The Hall–Kier alpha value is -3.15. The van der Waals surface area contributed by atoms with Crippen LogP contribution >= 0.6 is 0 Å². The number of hydrogen-bond acceptors (Lipinski definition) is 3. The Balaban J connectivity index is 1.82. The van der Waals surface area contributed by atoms with Crippen molar-refractivity contribution in [2.75, 3.05) is 0 Å². The Bertz CT molecular complexity index is 858. The summed E-state index contributed by atoms with van der Waals surface area (Å²) in [5.74, 6) is -0.928. The summed E-state index contributed by atoms with van der Waals surface area (Å²) in [6.07, 6.45) is 0. The van der Waals surface area contributed by atoms with Crippen molar-refractivity contribution in [3.63, 3.8) is 0 Å². The summed E-state index contributed by atoms with van der Waals surface area (Å²) in [7, 11) is 0. The number of rotatable bonds is 4. The van der Waals surface area contributed by atoms with Crippen LogP contribution in [0.15, 0.2) is 59.8 Å². The van der Waals surface area contributed by atoms with Gasteiger partial charge in [0.2, 0.25) is 0 Å². The lowest BCUT2D eigenvalue weighted by Crippen LogP contribution is -2.45. The summed E-state index contributed by atoms with van der Waals surface area (Å²) in [5, 5.41) is 5.27. The van der Waals surface area contributed by atoms with Crippen molar-refractivity contribution >= 4 is 12.0 Å². The summed E-state index contributed by atoms with van der Waals surface area (Å²) in [6, 6.07) is 12.2. The molecule has 5 nitrogen and oxygen atoms in total. The lowest BCUT2D eigenvalue weighted by Gasteiger charge is -2.28. The molecular formula is C20H19FN2O3. The van der Waals surface area contributed by atoms with E-state index in [0.29, 0.717) is 16.8 Å². The van der Waals surface area contributed by atoms with Gasteiger partial charge in [-0.3, -0.25) is 0 Å². The maximum absolute atomic E-state index is 13.2. The van der Waals surface area contributed by atoms with Crippen LogP contribution in [-0.4, -0.2) is 12.0 Å². The predicted molar refractivity (Wildman–Crippen MR) is 94.5 cm³/mol. The number of esters is 1. The normalized spacial score (nSPS) is 16.7. The van der Waals surface area contributed by atoms with E-state index < -0.39 is 23.9 Å². The number of hydrogen-bond donors (Lipinski definition) is 2. The van der Waals surface area contributed by atoms with Gasteiger partial charge in [-0.25, -0.2) is 14.0 Å². The highest BCUT2D eigenvalue weighted by Crippen LogP contribution is 2.28. The molecule has 0 aromatic heterocycles. The van der Waals surface area contributed by atoms with Crippen molar-refractivity contribution in [1.29, 1.82) is 0 Å². The van der Waals surface area contributed by atoms with E-state index in [-0.39, 0.29) is 6.61 Å². The zero-order chi connectivity index (χ0) is 18.7. The summed E-state index contributed by atoms with van der Waals surface area (Å²) in [4.78, 5) is 24.5. The Morgan fingerprint density at radius 3 is 2.38 bits per heavy atom. The number of ether oxygens (including phenoxy) is 1. The zero-order valence-electron chi connectivity index (χ0n) is 14.5. The fraction of sp³-hybridized carbons (Fsp3) is 0.200. The van der Waals surface area contributed by atoms with Crippen LogP contribution < -0.4 is 10.6 Å². The van der Waals surface area contributed by atoms with Crippen LogP contribution in [0.4, 0.5) is 9.18 Å². The van der Waals surface area contributed by atoms with Crippen molar-refractivity contribution in [2.24, 2.45) is 0 Å². The number of nitrogens with one attached hydrogen (secondary N) is 2. The molecule has 2 N–H and O–H groups in total. The maximum Gasteiger partial charge on any atom is 0.338 e. The second-order valence-electron chi connectivity index (χ2n) is 6.18. The van der Waals surface area contributed by atoms with E-state index in [4.69, 9.17) is 4.74 Å². The van der Waals surface area contributed by atoms with Crippen molar-refractivity contribution in [2.45, 2.75) is 26.5 Å². The van der Waals surface area contributed by atoms with Crippen LogP contribution in [0.5, 0.6) is 0 Å². The molecule has 1 atom stereocenters. The Morgan fingerprint density at radius 2 is 1.73 bits per heavy atom. The molecule has 26 heavy (non-hydrogen) atoms. The third-order valence-corrected chi connectivity index (χ3v) is 4.18. The average Bonchev–Trinajstić information content (AvgIpc) is 2.61. The van der Waals surface area contributed by atoms with Gasteiger partial charge in [0.25, 0.3) is 0 Å². The van der Waals surface area contributed by atoms with E-state index in [1.165, 1.54) is 24.3 Å². The quantitative estimate of drug-likeness (QED) is 0.826. The largest absolute Gasteiger partial charge is 0.457 e. The molecular weight excluding hydrogens is 335 g/mol. The highest BCUT2D eigenvalue weighted by atomic mass is 19.1. The second-order valence-corrected chi connectivity index (χ2v) is 6.18. The molecule has 0 saturated heterocycles. The lowest BCUT2D eigenvalue weighted by molar-refractivity contribution is -0.140. The molecule has 134 valence electrons. The Labute approximate surface area is 150 Å². The number of aryl methyl sites for hydroxylation is 1. The molecule has 0 aliphatic carbocycles. The second kappa shape index (κ2) is 7.39. The summed E-state index contributed by atoms with van der Waals surface area (Å²) >= 11 is 0. The van der Waals surface area contributed by atoms with Crippen LogP contribution in [0, 0.1) is 12.7 Å². The monoisotopic (exact) mass is 354 g/mol. The van der Waals surface area contributed by atoms with Crippen LogP contribution in [0.3, 0.4) is 0 Å². The minimum Gasteiger partial charge on any atom is -0.457 e. The molecule has 3 rings (SSSR count). The molecule has 0 saturated carbocycles. The fourth-order valence-corrected chi connectivity index (χ4v) is 2.78. The van der Waals surface area contributed by atoms with E-state index in [1.807, 2.05) is 31.2 Å². The first-order valence-electron chi connectivity index (χ1n) is 8.20. The molecule has 0 spiro atoms. The molecule has 0 unspecified atom stereocenters. The van der Waals surface area contributed by atoms with Gasteiger partial charge in [0, 0.05) is 5.70 Å². The van der Waals surface area contributed by atoms with Crippen molar-refractivity contribution in [3.8, 4) is 0 Å². The number of benzene rings is 2. The van der Waals surface area contributed by atoms with Gasteiger partial charge in [-0.1, -0.05) is 42.0 Å². The molecule has 6 heteroatoms.